The molecule has 0 radical (unpaired) electrons. The first kappa shape index (κ1) is 15.9. The maximum Gasteiger partial charge on any atom is 0.269 e. The summed E-state index contributed by atoms with van der Waals surface area (Å²) in [5, 5.41) is 2.77. The number of carbonyl (C=O) groups excluding carboxylic acids is 1. The van der Waals surface area contributed by atoms with Crippen LogP contribution in [0.3, 0.4) is 0 Å². The third-order valence-electron chi connectivity index (χ3n) is 3.05. The molecule has 0 saturated heterocycles. The first-order chi connectivity index (χ1) is 10.5. The maximum absolute atomic E-state index is 13.5. The van der Waals surface area contributed by atoms with Gasteiger partial charge in [-0.15, -0.1) is 0 Å². The number of anilines is 1. The third kappa shape index (κ3) is 4.02. The number of nitrogens with one attached hydrogen (secondary N) is 3. The summed E-state index contributed by atoms with van der Waals surface area (Å²) in [6.07, 6.45) is 0. The zero-order chi connectivity index (χ0) is 16.1. The highest BCUT2D eigenvalue weighted by Gasteiger charge is 2.09. The van der Waals surface area contributed by atoms with Gasteiger partial charge in [-0.3, -0.25) is 15.6 Å². The lowest BCUT2D eigenvalue weighted by molar-refractivity contribution is 0.0943. The Kier molecular flexibility index (Phi) is 5.06. The number of carbonyl (C=O) groups is 1. The van der Waals surface area contributed by atoms with Crippen molar-refractivity contribution in [3.8, 4) is 0 Å². The van der Waals surface area contributed by atoms with Crippen molar-refractivity contribution in [1.82, 2.24) is 10.9 Å². The first-order valence-electron chi connectivity index (χ1n) is 6.66. The molecule has 0 bridgehead atoms. The molecule has 2 aromatic carbocycles. The van der Waals surface area contributed by atoms with Crippen molar-refractivity contribution in [2.75, 3.05) is 5.32 Å². The standard InChI is InChI=1S/C16H16FN3OS/c1-10-7-8-11(2)12(9-10)15(21)19-20-16(22)18-14-6-4-3-5-13(14)17/h3-9H,1-2H3,(H,19,21)(H2,18,20,22). The Bertz CT molecular complexity index is 718. The second-order valence-corrected chi connectivity index (χ2v) is 5.24. The lowest BCUT2D eigenvalue weighted by Crippen LogP contribution is -2.44. The number of hydrogen-bond donors (Lipinski definition) is 3. The van der Waals surface area contributed by atoms with E-state index in [9.17, 15) is 9.18 Å². The lowest BCUT2D eigenvalue weighted by Gasteiger charge is -2.13. The van der Waals surface area contributed by atoms with Gasteiger partial charge in [0.05, 0.1) is 5.69 Å². The molecule has 3 N–H and O–H groups in total. The Morgan fingerprint density at radius 2 is 1.82 bits per heavy atom. The van der Waals surface area contributed by atoms with Crippen molar-refractivity contribution in [1.29, 1.82) is 0 Å². The van der Waals surface area contributed by atoms with E-state index in [4.69, 9.17) is 12.2 Å². The zero-order valence-corrected chi connectivity index (χ0v) is 13.1. The highest BCUT2D eigenvalue weighted by atomic mass is 32.1. The van der Waals surface area contributed by atoms with Gasteiger partial charge in [0.25, 0.3) is 5.91 Å². The molecule has 0 spiro atoms. The van der Waals surface area contributed by atoms with Gasteiger partial charge in [-0.2, -0.15) is 0 Å². The van der Waals surface area contributed by atoms with E-state index in [1.807, 2.05) is 26.0 Å². The van der Waals surface area contributed by atoms with Crippen LogP contribution in [-0.4, -0.2) is 11.0 Å². The Labute approximate surface area is 133 Å². The minimum absolute atomic E-state index is 0.101. The van der Waals surface area contributed by atoms with Gasteiger partial charge in [0, 0.05) is 5.56 Å². The Hall–Kier alpha value is -2.47. The van der Waals surface area contributed by atoms with Crippen LogP contribution in [0, 0.1) is 19.7 Å². The van der Waals surface area contributed by atoms with Crippen LogP contribution in [0.4, 0.5) is 10.1 Å². The van der Waals surface area contributed by atoms with Gasteiger partial charge in [-0.25, -0.2) is 4.39 Å². The fourth-order valence-electron chi connectivity index (χ4n) is 1.88. The SMILES string of the molecule is Cc1ccc(C)c(C(=O)NNC(=S)Nc2ccccc2F)c1. The van der Waals surface area contributed by atoms with Crippen molar-refractivity contribution in [3.63, 3.8) is 0 Å². The fourth-order valence-corrected chi connectivity index (χ4v) is 2.04. The molecule has 0 unspecified atom stereocenters. The normalized spacial score (nSPS) is 9.95. The number of hydrazine groups is 1. The molecule has 0 aromatic heterocycles. The molecule has 1 amide bonds. The minimum Gasteiger partial charge on any atom is -0.329 e. The summed E-state index contributed by atoms with van der Waals surface area (Å²) in [7, 11) is 0. The summed E-state index contributed by atoms with van der Waals surface area (Å²) in [4.78, 5) is 12.1. The van der Waals surface area contributed by atoms with E-state index in [-0.39, 0.29) is 16.7 Å². The molecule has 0 aliphatic rings. The van der Waals surface area contributed by atoms with Gasteiger partial charge >= 0.3 is 0 Å². The number of amides is 1. The van der Waals surface area contributed by atoms with Crippen molar-refractivity contribution in [3.05, 3.63) is 65.0 Å². The van der Waals surface area contributed by atoms with Crippen LogP contribution in [0.5, 0.6) is 0 Å². The number of halogens is 1. The molecule has 6 heteroatoms. The first-order valence-corrected chi connectivity index (χ1v) is 7.07. The molecule has 4 nitrogen and oxygen atoms in total. The summed E-state index contributed by atoms with van der Waals surface area (Å²) >= 11 is 5.02. The second-order valence-electron chi connectivity index (χ2n) is 4.83. The molecule has 2 aromatic rings. The van der Waals surface area contributed by atoms with Gasteiger partial charge < -0.3 is 5.32 Å². The van der Waals surface area contributed by atoms with E-state index < -0.39 is 5.82 Å². The van der Waals surface area contributed by atoms with Crippen molar-refractivity contribution in [2.45, 2.75) is 13.8 Å². The molecule has 0 heterocycles. The monoisotopic (exact) mass is 317 g/mol. The smallest absolute Gasteiger partial charge is 0.269 e. The Morgan fingerprint density at radius 1 is 1.09 bits per heavy atom. The summed E-state index contributed by atoms with van der Waals surface area (Å²) in [6, 6.07) is 11.7. The molecule has 0 aliphatic carbocycles. The van der Waals surface area contributed by atoms with Crippen molar-refractivity contribution in [2.24, 2.45) is 0 Å². The van der Waals surface area contributed by atoms with Crippen LogP contribution < -0.4 is 16.2 Å². The molecule has 0 fully saturated rings. The van der Waals surface area contributed by atoms with E-state index in [1.54, 1.807) is 24.3 Å². The summed E-state index contributed by atoms with van der Waals surface area (Å²) in [5.74, 6) is -0.730. The fraction of sp³-hybridized carbons (Fsp3) is 0.125. The topological polar surface area (TPSA) is 53.2 Å². The molecule has 2 rings (SSSR count). The second kappa shape index (κ2) is 7.00. The van der Waals surface area contributed by atoms with Crippen LogP contribution >= 0.6 is 12.2 Å². The number of rotatable bonds is 2. The number of para-hydroxylation sites is 1. The average Bonchev–Trinajstić information content (AvgIpc) is 2.49. The molecule has 0 atom stereocenters. The molecular weight excluding hydrogens is 301 g/mol. The van der Waals surface area contributed by atoms with E-state index in [2.05, 4.69) is 16.2 Å². The molecule has 0 saturated carbocycles. The van der Waals surface area contributed by atoms with Crippen molar-refractivity contribution < 1.29 is 9.18 Å². The predicted molar refractivity (Wildman–Crippen MR) is 89.1 cm³/mol. The lowest BCUT2D eigenvalue weighted by atomic mass is 10.1. The van der Waals surface area contributed by atoms with Gasteiger partial charge in [0.1, 0.15) is 5.82 Å². The van der Waals surface area contributed by atoms with Gasteiger partial charge in [0.2, 0.25) is 0 Å². The number of aryl methyl sites for hydroxylation is 2. The van der Waals surface area contributed by atoms with Crippen LogP contribution in [0.15, 0.2) is 42.5 Å². The molecule has 22 heavy (non-hydrogen) atoms. The zero-order valence-electron chi connectivity index (χ0n) is 12.2. The highest BCUT2D eigenvalue weighted by molar-refractivity contribution is 7.80. The minimum atomic E-state index is -0.424. The third-order valence-corrected chi connectivity index (χ3v) is 3.25. The van der Waals surface area contributed by atoms with Gasteiger partial charge in [0.15, 0.2) is 5.11 Å². The maximum atomic E-state index is 13.5. The number of benzene rings is 2. The predicted octanol–water partition coefficient (Wildman–Crippen LogP) is 3.07. The van der Waals surface area contributed by atoms with Crippen LogP contribution in [0.2, 0.25) is 0 Å². The quantitative estimate of drug-likeness (QED) is 0.588. The number of thiocarbonyl (C=S) groups is 1. The molecule has 0 aliphatic heterocycles. The van der Waals surface area contributed by atoms with E-state index in [0.717, 1.165) is 11.1 Å². The molecular formula is C16H16FN3OS. The largest absolute Gasteiger partial charge is 0.329 e. The highest BCUT2D eigenvalue weighted by Crippen LogP contribution is 2.12. The van der Waals surface area contributed by atoms with Gasteiger partial charge in [-0.05, 0) is 49.8 Å². The van der Waals surface area contributed by atoms with E-state index >= 15 is 0 Å². The Morgan fingerprint density at radius 3 is 2.55 bits per heavy atom. The van der Waals surface area contributed by atoms with E-state index in [1.165, 1.54) is 6.07 Å². The van der Waals surface area contributed by atoms with Crippen LogP contribution in [0.1, 0.15) is 21.5 Å². The summed E-state index contributed by atoms with van der Waals surface area (Å²) in [5.41, 5.74) is 7.69. The van der Waals surface area contributed by atoms with E-state index in [0.29, 0.717) is 5.56 Å². The summed E-state index contributed by atoms with van der Waals surface area (Å²) < 4.78 is 13.5. The summed E-state index contributed by atoms with van der Waals surface area (Å²) in [6.45, 7) is 3.76. The van der Waals surface area contributed by atoms with Crippen LogP contribution in [-0.2, 0) is 0 Å². The van der Waals surface area contributed by atoms with Crippen molar-refractivity contribution >= 4 is 28.9 Å². The average molecular weight is 317 g/mol. The van der Waals surface area contributed by atoms with Crippen LogP contribution in [0.25, 0.3) is 0 Å². The number of hydrogen-bond acceptors (Lipinski definition) is 2. The van der Waals surface area contributed by atoms with Gasteiger partial charge in [-0.1, -0.05) is 29.8 Å². The molecule has 114 valence electrons. The Balaban J connectivity index is 1.95.